The zero-order valence-corrected chi connectivity index (χ0v) is 14.2. The standard InChI is InChI=1S/C17H24BrNO2/c1-2-20-16-5-3-4-6-17(16)21-10-9-19-14-7-8-15(19)12-13(18)11-14/h3-6,13-15H,2,7-12H2,1H3. The molecule has 1 aromatic rings. The molecule has 0 amide bonds. The zero-order valence-electron chi connectivity index (χ0n) is 12.6. The number of piperidine rings is 1. The minimum atomic E-state index is 0.670. The van der Waals surface area contributed by atoms with Crippen LogP contribution in [-0.4, -0.2) is 41.6 Å². The molecule has 1 aromatic carbocycles. The molecule has 3 rings (SSSR count). The molecule has 0 radical (unpaired) electrons. The number of hydrogen-bond acceptors (Lipinski definition) is 3. The van der Waals surface area contributed by atoms with Gasteiger partial charge in [0.15, 0.2) is 11.5 Å². The maximum absolute atomic E-state index is 5.97. The van der Waals surface area contributed by atoms with E-state index in [0.29, 0.717) is 11.4 Å². The lowest BCUT2D eigenvalue weighted by atomic mass is 10.0. The van der Waals surface area contributed by atoms with Crippen molar-refractivity contribution in [3.05, 3.63) is 24.3 Å². The van der Waals surface area contributed by atoms with Crippen molar-refractivity contribution in [3.8, 4) is 11.5 Å². The molecule has 2 saturated heterocycles. The van der Waals surface area contributed by atoms with Crippen molar-refractivity contribution in [1.82, 2.24) is 4.90 Å². The van der Waals surface area contributed by atoms with Crippen molar-refractivity contribution in [2.24, 2.45) is 0 Å². The van der Waals surface area contributed by atoms with Crippen molar-refractivity contribution in [3.63, 3.8) is 0 Å². The molecule has 2 aliphatic heterocycles. The largest absolute Gasteiger partial charge is 0.490 e. The zero-order chi connectivity index (χ0) is 14.7. The highest BCUT2D eigenvalue weighted by Crippen LogP contribution is 2.38. The minimum absolute atomic E-state index is 0.670. The third kappa shape index (κ3) is 3.54. The summed E-state index contributed by atoms with van der Waals surface area (Å²) < 4.78 is 11.6. The Kier molecular flexibility index (Phi) is 5.07. The predicted molar refractivity (Wildman–Crippen MR) is 88.6 cm³/mol. The molecule has 0 aromatic heterocycles. The molecule has 21 heavy (non-hydrogen) atoms. The summed E-state index contributed by atoms with van der Waals surface area (Å²) in [6.45, 7) is 4.43. The molecule has 2 unspecified atom stereocenters. The Balaban J connectivity index is 1.53. The van der Waals surface area contributed by atoms with Crippen molar-refractivity contribution in [1.29, 1.82) is 0 Å². The van der Waals surface area contributed by atoms with Crippen LogP contribution in [0.1, 0.15) is 32.6 Å². The lowest BCUT2D eigenvalue weighted by Crippen LogP contribution is -2.45. The molecular weight excluding hydrogens is 330 g/mol. The second-order valence-electron chi connectivity index (χ2n) is 5.92. The highest BCUT2D eigenvalue weighted by atomic mass is 79.9. The maximum atomic E-state index is 5.97. The molecule has 2 fully saturated rings. The number of para-hydroxylation sites is 2. The van der Waals surface area contributed by atoms with Crippen LogP contribution in [0.4, 0.5) is 0 Å². The van der Waals surface area contributed by atoms with Gasteiger partial charge in [-0.3, -0.25) is 4.90 Å². The number of nitrogens with zero attached hydrogens (tertiary/aromatic N) is 1. The molecule has 4 heteroatoms. The number of ether oxygens (including phenoxy) is 2. The van der Waals surface area contributed by atoms with Gasteiger partial charge in [0, 0.05) is 23.5 Å². The average Bonchev–Trinajstić information content (AvgIpc) is 2.72. The Morgan fingerprint density at radius 1 is 1.10 bits per heavy atom. The monoisotopic (exact) mass is 353 g/mol. The number of rotatable bonds is 6. The topological polar surface area (TPSA) is 21.7 Å². The third-order valence-electron chi connectivity index (χ3n) is 4.58. The quantitative estimate of drug-likeness (QED) is 0.725. The highest BCUT2D eigenvalue weighted by molar-refractivity contribution is 9.09. The SMILES string of the molecule is CCOc1ccccc1OCCN1C2CCC1CC(Br)C2. The second-order valence-corrected chi connectivity index (χ2v) is 7.21. The van der Waals surface area contributed by atoms with Crippen LogP contribution in [0.25, 0.3) is 0 Å². The van der Waals surface area contributed by atoms with Gasteiger partial charge in [-0.25, -0.2) is 0 Å². The van der Waals surface area contributed by atoms with Crippen LogP contribution in [0, 0.1) is 0 Å². The lowest BCUT2D eigenvalue weighted by molar-refractivity contribution is 0.119. The lowest BCUT2D eigenvalue weighted by Gasteiger charge is -2.37. The van der Waals surface area contributed by atoms with E-state index in [4.69, 9.17) is 9.47 Å². The van der Waals surface area contributed by atoms with Gasteiger partial charge in [0.25, 0.3) is 0 Å². The Hall–Kier alpha value is -0.740. The molecule has 2 heterocycles. The van der Waals surface area contributed by atoms with E-state index in [1.54, 1.807) is 0 Å². The molecule has 0 saturated carbocycles. The van der Waals surface area contributed by atoms with Gasteiger partial charge in [-0.15, -0.1) is 0 Å². The maximum Gasteiger partial charge on any atom is 0.161 e. The average molecular weight is 354 g/mol. The van der Waals surface area contributed by atoms with Crippen molar-refractivity contribution < 1.29 is 9.47 Å². The first kappa shape index (κ1) is 15.2. The first-order valence-electron chi connectivity index (χ1n) is 8.02. The van der Waals surface area contributed by atoms with E-state index in [0.717, 1.165) is 36.7 Å². The number of benzene rings is 1. The normalized spacial score (nSPS) is 28.6. The number of halogens is 1. The van der Waals surface area contributed by atoms with Gasteiger partial charge < -0.3 is 9.47 Å². The first-order valence-corrected chi connectivity index (χ1v) is 8.94. The molecule has 0 N–H and O–H groups in total. The molecule has 2 aliphatic rings. The van der Waals surface area contributed by atoms with E-state index in [-0.39, 0.29) is 0 Å². The van der Waals surface area contributed by atoms with Crippen LogP contribution in [0.2, 0.25) is 0 Å². The van der Waals surface area contributed by atoms with Crippen LogP contribution >= 0.6 is 15.9 Å². The van der Waals surface area contributed by atoms with E-state index >= 15 is 0 Å². The van der Waals surface area contributed by atoms with Crippen LogP contribution in [-0.2, 0) is 0 Å². The molecular formula is C17H24BrNO2. The van der Waals surface area contributed by atoms with E-state index < -0.39 is 0 Å². The van der Waals surface area contributed by atoms with E-state index in [9.17, 15) is 0 Å². The summed E-state index contributed by atoms with van der Waals surface area (Å²) in [5.74, 6) is 1.71. The van der Waals surface area contributed by atoms with E-state index in [2.05, 4.69) is 20.8 Å². The number of alkyl halides is 1. The fraction of sp³-hybridized carbons (Fsp3) is 0.647. The third-order valence-corrected chi connectivity index (χ3v) is 5.33. The second kappa shape index (κ2) is 7.01. The van der Waals surface area contributed by atoms with Gasteiger partial charge in [0.1, 0.15) is 6.61 Å². The van der Waals surface area contributed by atoms with Crippen LogP contribution in [0.15, 0.2) is 24.3 Å². The van der Waals surface area contributed by atoms with Crippen LogP contribution < -0.4 is 9.47 Å². The Bertz CT molecular complexity index is 454. The summed E-state index contributed by atoms with van der Waals surface area (Å²) in [4.78, 5) is 3.37. The molecule has 2 bridgehead atoms. The van der Waals surface area contributed by atoms with Gasteiger partial charge in [-0.1, -0.05) is 28.1 Å². The Labute approximate surface area is 135 Å². The smallest absolute Gasteiger partial charge is 0.161 e. The number of hydrogen-bond donors (Lipinski definition) is 0. The van der Waals surface area contributed by atoms with Gasteiger partial charge >= 0.3 is 0 Å². The van der Waals surface area contributed by atoms with E-state index in [1.807, 2.05) is 31.2 Å². The predicted octanol–water partition coefficient (Wildman–Crippen LogP) is 3.85. The summed E-state index contributed by atoms with van der Waals surface area (Å²) in [5.41, 5.74) is 0. The summed E-state index contributed by atoms with van der Waals surface area (Å²) in [6, 6.07) is 9.44. The van der Waals surface area contributed by atoms with E-state index in [1.165, 1.54) is 25.7 Å². The van der Waals surface area contributed by atoms with Crippen molar-refractivity contribution in [2.45, 2.75) is 49.5 Å². The van der Waals surface area contributed by atoms with Gasteiger partial charge in [-0.2, -0.15) is 0 Å². The van der Waals surface area contributed by atoms with Gasteiger partial charge in [0.2, 0.25) is 0 Å². The highest BCUT2D eigenvalue weighted by Gasteiger charge is 2.39. The van der Waals surface area contributed by atoms with Gasteiger partial charge in [-0.05, 0) is 44.7 Å². The molecule has 116 valence electrons. The minimum Gasteiger partial charge on any atom is -0.490 e. The van der Waals surface area contributed by atoms with Crippen LogP contribution in [0.3, 0.4) is 0 Å². The summed E-state index contributed by atoms with van der Waals surface area (Å²) in [5, 5.41) is 0. The fourth-order valence-corrected chi connectivity index (χ4v) is 4.54. The van der Waals surface area contributed by atoms with Crippen LogP contribution in [0.5, 0.6) is 11.5 Å². The molecule has 0 spiro atoms. The molecule has 0 aliphatic carbocycles. The molecule has 2 atom stereocenters. The summed E-state index contributed by atoms with van der Waals surface area (Å²) in [6.07, 6.45) is 5.27. The van der Waals surface area contributed by atoms with Crippen molar-refractivity contribution in [2.75, 3.05) is 19.8 Å². The number of fused-ring (bicyclic) bond motifs is 2. The Morgan fingerprint density at radius 3 is 2.33 bits per heavy atom. The fourth-order valence-electron chi connectivity index (χ4n) is 3.68. The first-order chi connectivity index (χ1) is 10.3. The summed E-state index contributed by atoms with van der Waals surface area (Å²) >= 11 is 3.79. The van der Waals surface area contributed by atoms with Crippen molar-refractivity contribution >= 4 is 15.9 Å². The van der Waals surface area contributed by atoms with Gasteiger partial charge in [0.05, 0.1) is 6.61 Å². The summed E-state index contributed by atoms with van der Waals surface area (Å²) in [7, 11) is 0. The molecule has 3 nitrogen and oxygen atoms in total. The Morgan fingerprint density at radius 2 is 1.71 bits per heavy atom.